The Morgan fingerprint density at radius 3 is 2.83 bits per heavy atom. The molecule has 10 nitrogen and oxygen atoms in total. The van der Waals surface area contributed by atoms with Crippen molar-refractivity contribution in [3.8, 4) is 0 Å². The minimum atomic E-state index is -1.59. The van der Waals surface area contributed by atoms with Crippen LogP contribution in [0.15, 0.2) is 18.3 Å². The average Bonchev–Trinajstić information content (AvgIpc) is 3.08. The first-order valence-corrected chi connectivity index (χ1v) is 7.38. The lowest BCUT2D eigenvalue weighted by Crippen LogP contribution is -2.48. The summed E-state index contributed by atoms with van der Waals surface area (Å²) >= 11 is 0. The summed E-state index contributed by atoms with van der Waals surface area (Å²) in [7, 11) is -1.59. The minimum Gasteiger partial charge on any atom is -0.426 e. The molecule has 0 saturated carbocycles. The van der Waals surface area contributed by atoms with Crippen molar-refractivity contribution in [2.75, 3.05) is 18.5 Å². The lowest BCUT2D eigenvalue weighted by Gasteiger charge is -2.24. The summed E-state index contributed by atoms with van der Waals surface area (Å²) < 4.78 is 0. The molecule has 1 aromatic rings. The zero-order chi connectivity index (χ0) is 17.5. The third-order valence-electron chi connectivity index (χ3n) is 3.65. The van der Waals surface area contributed by atoms with Gasteiger partial charge in [-0.1, -0.05) is 0 Å². The van der Waals surface area contributed by atoms with Gasteiger partial charge in [0.2, 0.25) is 12.3 Å². The van der Waals surface area contributed by atoms with Gasteiger partial charge in [0, 0.05) is 12.7 Å². The fraction of sp³-hybridized carbons (Fsp3) is 0.385. The quantitative estimate of drug-likeness (QED) is 0.218. The Bertz CT molecular complexity index is 597. The second-order valence-corrected chi connectivity index (χ2v) is 5.21. The van der Waals surface area contributed by atoms with E-state index in [1.54, 1.807) is 0 Å². The Kier molecular flexibility index (Phi) is 6.10. The van der Waals surface area contributed by atoms with E-state index in [0.29, 0.717) is 31.6 Å². The number of hydrogen-bond donors (Lipinski definition) is 5. The van der Waals surface area contributed by atoms with Crippen molar-refractivity contribution in [2.24, 2.45) is 0 Å². The molecule has 0 bridgehead atoms. The molecule has 3 amide bonds. The maximum atomic E-state index is 12.1. The van der Waals surface area contributed by atoms with Crippen molar-refractivity contribution in [2.45, 2.75) is 18.8 Å². The molecule has 11 heteroatoms. The molecular weight excluding hydrogens is 317 g/mol. The summed E-state index contributed by atoms with van der Waals surface area (Å²) in [6.07, 6.45) is 2.95. The van der Waals surface area contributed by atoms with Gasteiger partial charge in [0.25, 0.3) is 5.91 Å². The number of hydrazine groups is 1. The first kappa shape index (κ1) is 17.7. The topological polar surface area (TPSA) is 144 Å². The van der Waals surface area contributed by atoms with Crippen molar-refractivity contribution in [1.82, 2.24) is 20.6 Å². The molecule has 1 atom stereocenters. The van der Waals surface area contributed by atoms with Crippen molar-refractivity contribution < 1.29 is 24.4 Å². The molecule has 0 aromatic carbocycles. The number of rotatable bonds is 7. The first-order chi connectivity index (χ1) is 11.5. The molecule has 1 saturated heterocycles. The smallest absolute Gasteiger partial charge is 0.426 e. The fourth-order valence-corrected chi connectivity index (χ4v) is 2.48. The zero-order valence-electron chi connectivity index (χ0n) is 12.8. The Labute approximate surface area is 138 Å². The molecule has 1 fully saturated rings. The number of aromatic nitrogens is 1. The third-order valence-corrected chi connectivity index (χ3v) is 3.65. The predicted molar refractivity (Wildman–Crippen MR) is 84.3 cm³/mol. The van der Waals surface area contributed by atoms with E-state index in [-0.39, 0.29) is 18.0 Å². The highest BCUT2D eigenvalue weighted by atomic mass is 16.4. The van der Waals surface area contributed by atoms with Gasteiger partial charge in [-0.25, -0.2) is 4.98 Å². The van der Waals surface area contributed by atoms with E-state index in [1.807, 2.05) is 0 Å². The summed E-state index contributed by atoms with van der Waals surface area (Å²) in [5.74, 6) is -1.13. The van der Waals surface area contributed by atoms with Gasteiger partial charge in [0.15, 0.2) is 0 Å². The Balaban J connectivity index is 1.86. The molecule has 0 radical (unpaired) electrons. The zero-order valence-corrected chi connectivity index (χ0v) is 12.8. The molecule has 1 aliphatic rings. The van der Waals surface area contributed by atoms with Crippen LogP contribution in [0.25, 0.3) is 0 Å². The normalized spacial score (nSPS) is 16.4. The number of carbonyl (C=O) groups excluding carboxylic acids is 3. The number of anilines is 1. The number of amides is 3. The standard InChI is InChI=1S/C13H18BN5O5/c20-8-17-18-11-4-3-9(6-15-11)13(22)16-7-12(21)19-5-1-2-10(19)14(23)24/h3-4,6,8,10,23-24H,1-2,5,7H2,(H,15,18)(H,16,22)(H,17,20)/t10-/m0/s1. The molecule has 2 heterocycles. The number of nitrogens with one attached hydrogen (secondary N) is 3. The summed E-state index contributed by atoms with van der Waals surface area (Å²) in [5.41, 5.74) is 4.96. The second-order valence-electron chi connectivity index (χ2n) is 5.21. The SMILES string of the molecule is O=CNNc1ccc(C(=O)NCC(=O)N2CCC[C@H]2B(O)O)cn1. The van der Waals surface area contributed by atoms with E-state index in [4.69, 9.17) is 0 Å². The Hall–Kier alpha value is -2.66. The van der Waals surface area contributed by atoms with Gasteiger partial charge >= 0.3 is 7.12 Å². The van der Waals surface area contributed by atoms with Crippen LogP contribution in [0.2, 0.25) is 0 Å². The minimum absolute atomic E-state index is 0.241. The highest BCUT2D eigenvalue weighted by Crippen LogP contribution is 2.17. The number of carbonyl (C=O) groups is 3. The predicted octanol–water partition coefficient (Wildman–Crippen LogP) is -2.11. The van der Waals surface area contributed by atoms with Gasteiger partial charge in [0.1, 0.15) is 5.82 Å². The fourth-order valence-electron chi connectivity index (χ4n) is 2.48. The number of hydrogen-bond acceptors (Lipinski definition) is 7. The van der Waals surface area contributed by atoms with E-state index in [0.717, 1.165) is 0 Å². The molecule has 1 aliphatic heterocycles. The van der Waals surface area contributed by atoms with Crippen molar-refractivity contribution >= 4 is 31.2 Å². The Morgan fingerprint density at radius 2 is 2.21 bits per heavy atom. The van der Waals surface area contributed by atoms with Crippen LogP contribution < -0.4 is 16.2 Å². The van der Waals surface area contributed by atoms with Gasteiger partial charge < -0.3 is 20.3 Å². The molecule has 0 spiro atoms. The van der Waals surface area contributed by atoms with Gasteiger partial charge in [-0.05, 0) is 25.0 Å². The number of pyridine rings is 1. The van der Waals surface area contributed by atoms with Crippen LogP contribution in [-0.4, -0.2) is 64.3 Å². The molecule has 2 rings (SSSR count). The maximum absolute atomic E-state index is 12.1. The van der Waals surface area contributed by atoms with Crippen molar-refractivity contribution in [1.29, 1.82) is 0 Å². The molecular formula is C13H18BN5O5. The lowest BCUT2D eigenvalue weighted by molar-refractivity contribution is -0.130. The summed E-state index contributed by atoms with van der Waals surface area (Å²) in [5, 5.41) is 21.0. The lowest BCUT2D eigenvalue weighted by atomic mass is 9.78. The first-order valence-electron chi connectivity index (χ1n) is 7.38. The highest BCUT2D eigenvalue weighted by Gasteiger charge is 2.36. The van der Waals surface area contributed by atoms with E-state index < -0.39 is 19.0 Å². The third kappa shape index (κ3) is 4.43. The molecule has 128 valence electrons. The van der Waals surface area contributed by atoms with E-state index in [9.17, 15) is 24.4 Å². The number of nitrogens with zero attached hydrogens (tertiary/aromatic N) is 2. The van der Waals surface area contributed by atoms with Crippen LogP contribution in [-0.2, 0) is 9.59 Å². The van der Waals surface area contributed by atoms with Crippen molar-refractivity contribution in [3.63, 3.8) is 0 Å². The summed E-state index contributed by atoms with van der Waals surface area (Å²) in [6, 6.07) is 2.98. The Morgan fingerprint density at radius 1 is 1.42 bits per heavy atom. The van der Waals surface area contributed by atoms with Gasteiger partial charge in [-0.15, -0.1) is 0 Å². The molecule has 1 aromatic heterocycles. The number of likely N-dealkylation sites (tertiary alicyclic amines) is 1. The molecule has 0 aliphatic carbocycles. The molecule has 24 heavy (non-hydrogen) atoms. The monoisotopic (exact) mass is 335 g/mol. The summed E-state index contributed by atoms with van der Waals surface area (Å²) in [4.78, 5) is 39.5. The van der Waals surface area contributed by atoms with Gasteiger partial charge in [0.05, 0.1) is 18.0 Å². The largest absolute Gasteiger partial charge is 0.475 e. The van der Waals surface area contributed by atoms with E-state index >= 15 is 0 Å². The highest BCUT2D eigenvalue weighted by molar-refractivity contribution is 6.43. The van der Waals surface area contributed by atoms with Crippen LogP contribution in [0.3, 0.4) is 0 Å². The maximum Gasteiger partial charge on any atom is 0.475 e. The van der Waals surface area contributed by atoms with Crippen LogP contribution in [0, 0.1) is 0 Å². The van der Waals surface area contributed by atoms with Crippen molar-refractivity contribution in [3.05, 3.63) is 23.9 Å². The summed E-state index contributed by atoms with van der Waals surface area (Å²) in [6.45, 7) is 0.192. The van der Waals surface area contributed by atoms with E-state index in [1.165, 1.54) is 23.2 Å². The van der Waals surface area contributed by atoms with Crippen LogP contribution in [0.5, 0.6) is 0 Å². The van der Waals surface area contributed by atoms with Gasteiger partial charge in [-0.3, -0.25) is 25.2 Å². The molecule has 0 unspecified atom stereocenters. The average molecular weight is 335 g/mol. The second kappa shape index (κ2) is 8.27. The molecule has 5 N–H and O–H groups in total. The van der Waals surface area contributed by atoms with Gasteiger partial charge in [-0.2, -0.15) is 0 Å². The van der Waals surface area contributed by atoms with E-state index in [2.05, 4.69) is 21.2 Å². The van der Waals surface area contributed by atoms with Crippen LogP contribution in [0.4, 0.5) is 5.82 Å². The van der Waals surface area contributed by atoms with Crippen LogP contribution >= 0.6 is 0 Å². The van der Waals surface area contributed by atoms with Crippen LogP contribution in [0.1, 0.15) is 23.2 Å².